The van der Waals surface area contributed by atoms with Crippen molar-refractivity contribution >= 4 is 17.7 Å². The molecule has 2 aliphatic heterocycles. The van der Waals surface area contributed by atoms with Crippen molar-refractivity contribution in [1.82, 2.24) is 9.80 Å². The number of fused-ring (bicyclic) bond motifs is 1. The van der Waals surface area contributed by atoms with Crippen LogP contribution >= 0.6 is 11.8 Å². The average molecular weight is 330 g/mol. The second kappa shape index (κ2) is 6.86. The zero-order chi connectivity index (χ0) is 15.6. The number of aryl methyl sites for hydroxylation is 1. The zero-order valence-corrected chi connectivity index (χ0v) is 14.6. The molecule has 1 aromatic rings. The van der Waals surface area contributed by atoms with Gasteiger partial charge in [0.05, 0.1) is 5.92 Å². The third kappa shape index (κ3) is 3.16. The molecule has 0 aromatic heterocycles. The number of thioether (sulfide) groups is 1. The second-order valence-electron chi connectivity index (χ2n) is 6.99. The van der Waals surface area contributed by atoms with Crippen molar-refractivity contribution < 1.29 is 4.79 Å². The Kier molecular flexibility index (Phi) is 4.63. The van der Waals surface area contributed by atoms with E-state index in [0.717, 1.165) is 45.1 Å². The molecule has 1 aliphatic carbocycles. The lowest BCUT2D eigenvalue weighted by molar-refractivity contribution is -0.134. The first-order chi connectivity index (χ1) is 11.3. The van der Waals surface area contributed by atoms with E-state index >= 15 is 0 Å². The van der Waals surface area contributed by atoms with Crippen LogP contribution in [0.3, 0.4) is 0 Å². The van der Waals surface area contributed by atoms with Crippen LogP contribution in [0.4, 0.5) is 0 Å². The molecule has 1 atom stereocenters. The number of carbonyl (C=O) groups excluding carboxylic acids is 1. The van der Waals surface area contributed by atoms with Gasteiger partial charge in [0.2, 0.25) is 5.91 Å². The Hall–Kier alpha value is -1.00. The number of benzene rings is 1. The quantitative estimate of drug-likeness (QED) is 0.833. The van der Waals surface area contributed by atoms with Gasteiger partial charge in [-0.25, -0.2) is 0 Å². The first-order valence-corrected chi connectivity index (χ1v) is 10.2. The maximum atomic E-state index is 13.0. The molecule has 0 bridgehead atoms. The molecule has 0 spiro atoms. The molecule has 4 rings (SSSR count). The minimum Gasteiger partial charge on any atom is -0.340 e. The fraction of sp³-hybridized carbons (Fsp3) is 0.632. The van der Waals surface area contributed by atoms with Crippen molar-refractivity contribution in [2.24, 2.45) is 0 Å². The third-order valence-electron chi connectivity index (χ3n) is 5.76. The van der Waals surface area contributed by atoms with Crippen LogP contribution in [0.25, 0.3) is 0 Å². The van der Waals surface area contributed by atoms with Crippen molar-refractivity contribution in [3.05, 3.63) is 35.4 Å². The van der Waals surface area contributed by atoms with Crippen molar-refractivity contribution in [3.8, 4) is 0 Å². The predicted octanol–water partition coefficient (Wildman–Crippen LogP) is 2.76. The Labute approximate surface area is 143 Å². The molecule has 0 saturated carbocycles. The summed E-state index contributed by atoms with van der Waals surface area (Å²) >= 11 is 2.09. The van der Waals surface area contributed by atoms with Gasteiger partial charge in [-0.2, -0.15) is 11.8 Å². The fourth-order valence-corrected chi connectivity index (χ4v) is 5.47. The predicted molar refractivity (Wildman–Crippen MR) is 96.0 cm³/mol. The molecule has 124 valence electrons. The van der Waals surface area contributed by atoms with Gasteiger partial charge in [0, 0.05) is 32.2 Å². The van der Waals surface area contributed by atoms with Gasteiger partial charge in [-0.05, 0) is 48.3 Å². The number of carbonyl (C=O) groups is 1. The van der Waals surface area contributed by atoms with E-state index in [1.807, 2.05) is 0 Å². The molecule has 2 fully saturated rings. The molecule has 23 heavy (non-hydrogen) atoms. The second-order valence-corrected chi connectivity index (χ2v) is 8.22. The van der Waals surface area contributed by atoms with Crippen molar-refractivity contribution in [3.63, 3.8) is 0 Å². The fourth-order valence-electron chi connectivity index (χ4n) is 4.39. The molecular formula is C19H26N2OS. The van der Waals surface area contributed by atoms with Gasteiger partial charge in [0.15, 0.2) is 0 Å². The summed E-state index contributed by atoms with van der Waals surface area (Å²) in [6.07, 6.45) is 4.72. The molecule has 0 N–H and O–H groups in total. The van der Waals surface area contributed by atoms with Gasteiger partial charge >= 0.3 is 0 Å². The number of nitrogens with zero attached hydrogens (tertiary/aromatic N) is 2. The van der Waals surface area contributed by atoms with Crippen LogP contribution in [0, 0.1) is 0 Å². The zero-order valence-electron chi connectivity index (χ0n) is 13.7. The summed E-state index contributed by atoms with van der Waals surface area (Å²) in [4.78, 5) is 17.7. The van der Waals surface area contributed by atoms with Gasteiger partial charge in [0.1, 0.15) is 0 Å². The van der Waals surface area contributed by atoms with E-state index in [-0.39, 0.29) is 5.92 Å². The Bertz CT molecular complexity index is 562. The normalized spacial score (nSPS) is 26.3. The van der Waals surface area contributed by atoms with Gasteiger partial charge in [0.25, 0.3) is 0 Å². The molecule has 1 amide bonds. The Morgan fingerprint density at radius 3 is 2.52 bits per heavy atom. The van der Waals surface area contributed by atoms with Crippen molar-refractivity contribution in [2.45, 2.75) is 37.6 Å². The smallest absolute Gasteiger partial charge is 0.230 e. The first kappa shape index (κ1) is 15.5. The van der Waals surface area contributed by atoms with E-state index in [9.17, 15) is 4.79 Å². The Morgan fingerprint density at radius 2 is 1.74 bits per heavy atom. The lowest BCUT2D eigenvalue weighted by atomic mass is 9.99. The van der Waals surface area contributed by atoms with Crippen LogP contribution in [0.1, 0.15) is 36.3 Å². The highest BCUT2D eigenvalue weighted by molar-refractivity contribution is 7.99. The number of amides is 1. The summed E-state index contributed by atoms with van der Waals surface area (Å²) in [5, 5.41) is 0. The molecule has 3 aliphatic rings. The SMILES string of the molecule is O=C([C@@H]1CCc2ccccc21)N1CCN(C2CCSCC2)CC1. The highest BCUT2D eigenvalue weighted by atomic mass is 32.2. The molecule has 1 aromatic carbocycles. The Morgan fingerprint density at radius 1 is 1.00 bits per heavy atom. The van der Waals surface area contributed by atoms with Crippen LogP contribution in [0.2, 0.25) is 0 Å². The van der Waals surface area contributed by atoms with E-state index in [0.29, 0.717) is 5.91 Å². The van der Waals surface area contributed by atoms with E-state index in [1.165, 1.54) is 35.5 Å². The molecule has 2 heterocycles. The summed E-state index contributed by atoms with van der Waals surface area (Å²) in [6.45, 7) is 3.97. The van der Waals surface area contributed by atoms with Gasteiger partial charge in [-0.15, -0.1) is 0 Å². The van der Waals surface area contributed by atoms with E-state index < -0.39 is 0 Å². The molecule has 0 unspecified atom stereocenters. The average Bonchev–Trinajstić information content (AvgIpc) is 3.06. The highest BCUT2D eigenvalue weighted by Crippen LogP contribution is 2.34. The minimum atomic E-state index is 0.115. The van der Waals surface area contributed by atoms with E-state index in [4.69, 9.17) is 0 Å². The number of piperazine rings is 1. The highest BCUT2D eigenvalue weighted by Gasteiger charge is 2.34. The standard InChI is InChI=1S/C19H26N2OS/c22-19(18-6-5-15-3-1-2-4-17(15)18)21-11-9-20(10-12-21)16-7-13-23-14-8-16/h1-4,16,18H,5-14H2/t18-/m1/s1. The maximum Gasteiger partial charge on any atom is 0.230 e. The third-order valence-corrected chi connectivity index (χ3v) is 6.81. The molecular weight excluding hydrogens is 304 g/mol. The van der Waals surface area contributed by atoms with Crippen LogP contribution in [-0.4, -0.2) is 59.4 Å². The van der Waals surface area contributed by atoms with E-state index in [2.05, 4.69) is 45.8 Å². The largest absolute Gasteiger partial charge is 0.340 e. The summed E-state index contributed by atoms with van der Waals surface area (Å²) in [5.41, 5.74) is 2.66. The summed E-state index contributed by atoms with van der Waals surface area (Å²) in [5.74, 6) is 3.10. The van der Waals surface area contributed by atoms with Crippen molar-refractivity contribution in [1.29, 1.82) is 0 Å². The number of hydrogen-bond acceptors (Lipinski definition) is 3. The number of rotatable bonds is 2. The number of hydrogen-bond donors (Lipinski definition) is 0. The van der Waals surface area contributed by atoms with Crippen LogP contribution in [0.15, 0.2) is 24.3 Å². The summed E-state index contributed by atoms with van der Waals surface area (Å²) in [6, 6.07) is 9.26. The summed E-state index contributed by atoms with van der Waals surface area (Å²) < 4.78 is 0. The van der Waals surface area contributed by atoms with Crippen molar-refractivity contribution in [2.75, 3.05) is 37.7 Å². The van der Waals surface area contributed by atoms with Gasteiger partial charge < -0.3 is 4.90 Å². The maximum absolute atomic E-state index is 13.0. The van der Waals surface area contributed by atoms with Crippen LogP contribution < -0.4 is 0 Å². The lowest BCUT2D eigenvalue weighted by Crippen LogP contribution is -2.53. The monoisotopic (exact) mass is 330 g/mol. The van der Waals surface area contributed by atoms with E-state index in [1.54, 1.807) is 0 Å². The molecule has 2 saturated heterocycles. The topological polar surface area (TPSA) is 23.6 Å². The molecule has 0 radical (unpaired) electrons. The summed E-state index contributed by atoms with van der Waals surface area (Å²) in [7, 11) is 0. The lowest BCUT2D eigenvalue weighted by Gasteiger charge is -2.41. The van der Waals surface area contributed by atoms with Crippen LogP contribution in [0.5, 0.6) is 0 Å². The molecule has 4 heteroatoms. The Balaban J connectivity index is 1.36. The molecule has 3 nitrogen and oxygen atoms in total. The first-order valence-electron chi connectivity index (χ1n) is 9.01. The van der Waals surface area contributed by atoms with Gasteiger partial charge in [-0.3, -0.25) is 9.69 Å². The van der Waals surface area contributed by atoms with Gasteiger partial charge in [-0.1, -0.05) is 24.3 Å². The van der Waals surface area contributed by atoms with Crippen LogP contribution in [-0.2, 0) is 11.2 Å². The minimum absolute atomic E-state index is 0.115.